The van der Waals surface area contributed by atoms with E-state index in [0.717, 1.165) is 61.2 Å². The molecule has 13 atom stereocenters. The number of aliphatic hydroxyl groups is 6. The fourth-order valence-electron chi connectivity index (χ4n) is 13.2. The highest BCUT2D eigenvalue weighted by atomic mass is 16.6. The van der Waals surface area contributed by atoms with Gasteiger partial charge in [0.15, 0.2) is 11.5 Å². The number of β-amino-alcohol motifs (C(OH)–C–C–N with tert-alkyl or cyclic N) is 1. The Morgan fingerprint density at radius 3 is 1.72 bits per heavy atom. The first-order valence-corrected chi connectivity index (χ1v) is 31.8. The van der Waals surface area contributed by atoms with E-state index in [1.54, 1.807) is 0 Å². The molecule has 15 N–H and O–H groups in total. The lowest BCUT2D eigenvalue weighted by atomic mass is 9.98. The highest BCUT2D eigenvalue weighted by Gasteiger charge is 2.50. The summed E-state index contributed by atoms with van der Waals surface area (Å²) in [7, 11) is 0. The topological polar surface area (TPSA) is 411 Å². The predicted octanol–water partition coefficient (Wildman–Crippen LogP) is 0.106. The number of aromatic hydroxyl groups is 1. The number of nitrogens with zero attached hydrogens (tertiary/aromatic N) is 2. The normalized spacial score (nSPS) is 25.1. The van der Waals surface area contributed by atoms with Crippen molar-refractivity contribution in [1.82, 2.24) is 41.7 Å². The lowest BCUT2D eigenvalue weighted by Gasteiger charge is -2.34. The molecule has 2 aliphatic carbocycles. The average molecular weight is 1310 g/mol. The molecule has 5 aromatic carbocycles. The Morgan fingerprint density at radius 1 is 0.621 bits per heavy atom. The van der Waals surface area contributed by atoms with E-state index in [0.29, 0.717) is 0 Å². The van der Waals surface area contributed by atoms with E-state index in [-0.39, 0.29) is 74.8 Å². The van der Waals surface area contributed by atoms with E-state index in [2.05, 4.69) is 31.9 Å². The van der Waals surface area contributed by atoms with Crippen molar-refractivity contribution in [2.45, 2.75) is 131 Å². The molecular weight excluding hydrogens is 1230 g/mol. The zero-order chi connectivity index (χ0) is 67.8. The summed E-state index contributed by atoms with van der Waals surface area (Å²) in [6.45, 7) is 0.984. The smallest absolute Gasteiger partial charge is 0.407 e. The van der Waals surface area contributed by atoms with Crippen LogP contribution in [0.25, 0.3) is 22.3 Å². The van der Waals surface area contributed by atoms with Crippen LogP contribution in [0.1, 0.15) is 79.2 Å². The molecular formula is C68H81N9O18. The third kappa shape index (κ3) is 15.6. The van der Waals surface area contributed by atoms with E-state index < -0.39 is 165 Å². The van der Waals surface area contributed by atoms with Crippen molar-refractivity contribution in [1.29, 1.82) is 0 Å². The largest absolute Gasteiger partial charge is 0.504 e. The summed E-state index contributed by atoms with van der Waals surface area (Å²) in [5, 5.41) is 94.6. The second-order valence-corrected chi connectivity index (χ2v) is 24.9. The van der Waals surface area contributed by atoms with Crippen LogP contribution in [-0.2, 0) is 44.7 Å². The van der Waals surface area contributed by atoms with Gasteiger partial charge in [0.25, 0.3) is 0 Å². The van der Waals surface area contributed by atoms with Crippen molar-refractivity contribution in [3.05, 3.63) is 143 Å². The second-order valence-electron chi connectivity index (χ2n) is 24.9. The maximum absolute atomic E-state index is 15.1. The van der Waals surface area contributed by atoms with Crippen LogP contribution >= 0.6 is 0 Å². The molecule has 5 aromatic rings. The number of nitrogens with one attached hydrogen (secondary N) is 6. The van der Waals surface area contributed by atoms with Crippen LogP contribution in [0.5, 0.6) is 11.5 Å². The Balaban J connectivity index is 0.870. The van der Waals surface area contributed by atoms with Gasteiger partial charge >= 0.3 is 12.2 Å². The Morgan fingerprint density at radius 2 is 1.15 bits per heavy atom. The number of aliphatic hydroxyl groups excluding tert-OH is 6. The number of carbonyl (C=O) groups excluding carboxylic acids is 8. The zero-order valence-corrected chi connectivity index (χ0v) is 52.4. The lowest BCUT2D eigenvalue weighted by Crippen LogP contribution is -2.64. The lowest BCUT2D eigenvalue weighted by molar-refractivity contribution is -0.147. The molecule has 0 unspecified atom stereocenters. The van der Waals surface area contributed by atoms with Gasteiger partial charge in [-0.25, -0.2) is 9.59 Å². The van der Waals surface area contributed by atoms with Gasteiger partial charge in [-0.1, -0.05) is 110 Å². The van der Waals surface area contributed by atoms with Gasteiger partial charge in [-0.15, -0.1) is 0 Å². The first-order chi connectivity index (χ1) is 45.6. The number of hydrogen-bond acceptors (Lipinski definition) is 19. The zero-order valence-electron chi connectivity index (χ0n) is 52.4. The Bertz CT molecular complexity index is 3560. The number of benzene rings is 5. The number of amides is 8. The van der Waals surface area contributed by atoms with Crippen LogP contribution in [0.15, 0.2) is 115 Å². The van der Waals surface area contributed by atoms with Crippen molar-refractivity contribution < 1.29 is 88.3 Å². The maximum Gasteiger partial charge on any atom is 0.407 e. The highest BCUT2D eigenvalue weighted by Crippen LogP contribution is 2.46. The van der Waals surface area contributed by atoms with Crippen LogP contribution in [0.2, 0.25) is 0 Å². The molecule has 3 aliphatic heterocycles. The Kier molecular flexibility index (Phi) is 22.0. The summed E-state index contributed by atoms with van der Waals surface area (Å²) in [5.41, 5.74) is 14.5. The van der Waals surface area contributed by atoms with Gasteiger partial charge in [0.05, 0.1) is 49.3 Å². The monoisotopic (exact) mass is 1310 g/mol. The third-order valence-corrected chi connectivity index (χ3v) is 18.2. The number of phenols is 1. The van der Waals surface area contributed by atoms with E-state index in [1.807, 2.05) is 97.1 Å². The van der Waals surface area contributed by atoms with Crippen molar-refractivity contribution in [2.24, 2.45) is 11.7 Å². The first-order valence-electron chi connectivity index (χ1n) is 31.8. The minimum atomic E-state index is -2.12. The van der Waals surface area contributed by atoms with Crippen molar-refractivity contribution >= 4 is 47.6 Å². The number of alkyl carbamates (subject to hydrolysis) is 2. The second kappa shape index (κ2) is 30.5. The fourth-order valence-corrected chi connectivity index (χ4v) is 13.2. The van der Waals surface area contributed by atoms with E-state index in [9.17, 15) is 64.5 Å². The third-order valence-electron chi connectivity index (χ3n) is 18.2. The minimum absolute atomic E-state index is 0.0462. The van der Waals surface area contributed by atoms with E-state index >= 15 is 9.59 Å². The van der Waals surface area contributed by atoms with Crippen molar-refractivity contribution in [3.63, 3.8) is 0 Å². The molecule has 95 heavy (non-hydrogen) atoms. The van der Waals surface area contributed by atoms with Crippen molar-refractivity contribution in [2.75, 3.05) is 52.5 Å². The molecule has 0 saturated carbocycles. The maximum atomic E-state index is 15.1. The standard InChI is InChI=1S/C68H81N9O18/c1-35-31-77-59(60(35)84)64(88)72-30-38(79)28-50(69)61(85)73-56(36(2)78)65(89)76-32-39(80)29-51(76)62(86)74-57(63(87)75-58(66(77)90)53(82)22-24-71-68(92)95-34-49-46-18-9-5-14-42(46)43-15-6-10-19-47(43)49)54(83)26-37-20-21-52(81)55(27-37)93-25-11-23-70-67(91)94-33-48-44-16-7-3-12-40(44)41-13-4-8-17-45(41)48/h3-10,12-21,27,35-36,38-39,48-51,53-54,56-60,78-84H,11,22-26,28-34,69H2,1-2H3,(H,70,91)(H,71,92)(H,72,88)(H,73,85)(H,74,86)(H,75,87)/t35-,36+,38+,39+,50-,51-,53+,54+,56-,57-,58-,59-,60-/m0/s1. The number of ether oxygens (including phenoxy) is 3. The number of hydrogen-bond donors (Lipinski definition) is 14. The van der Waals surface area contributed by atoms with Gasteiger partial charge in [0.1, 0.15) is 43.4 Å². The number of fused-ring (bicyclic) bond motifs is 8. The summed E-state index contributed by atoms with van der Waals surface area (Å²) in [6.07, 6.45) is -13.3. The Labute approximate surface area is 547 Å². The molecule has 0 bridgehead atoms. The van der Waals surface area contributed by atoms with Crippen LogP contribution in [-0.4, -0.2) is 219 Å². The van der Waals surface area contributed by atoms with E-state index in [4.69, 9.17) is 19.9 Å². The molecule has 5 aliphatic rings. The number of rotatable bonds is 17. The molecule has 3 saturated heterocycles. The molecule has 10 rings (SSSR count). The summed E-state index contributed by atoms with van der Waals surface area (Å²) in [6, 6.07) is 24.3. The quantitative estimate of drug-likeness (QED) is 0.0549. The number of phenolic OH excluding ortho intramolecular Hbond substituents is 1. The summed E-state index contributed by atoms with van der Waals surface area (Å²) < 4.78 is 17.2. The molecule has 8 amide bonds. The van der Waals surface area contributed by atoms with E-state index in [1.165, 1.54) is 25.1 Å². The molecule has 0 aromatic heterocycles. The Hall–Kier alpha value is -9.22. The summed E-state index contributed by atoms with van der Waals surface area (Å²) >= 11 is 0. The van der Waals surface area contributed by atoms with Crippen LogP contribution in [0.4, 0.5) is 9.59 Å². The fraction of sp³-hybridized carbons (Fsp3) is 0.441. The van der Waals surface area contributed by atoms with Gasteiger partial charge in [-0.3, -0.25) is 28.8 Å². The average Bonchev–Trinajstić information content (AvgIpc) is 1.64. The SMILES string of the molecule is C[C@@H](O)[C@@H]1NC(=O)[C@@H](N)C[C@@H](O)CNC(=O)[C@@H]2[C@@H](O)[C@@H](C)CN2C(=O)[C@H]([C@H](O)CCNC(=O)OCC2c3ccccc3-c3ccccc32)NC(=O)[C@H]([C@H](O)Cc2ccc(O)c(OCCCNC(=O)OCC3c4ccccc4-c4ccccc43)c2)NC(=O)[C@@H]2C[C@@H](O)CN2C1=O. The number of carbonyl (C=O) groups is 8. The summed E-state index contributed by atoms with van der Waals surface area (Å²) in [4.78, 5) is 115. The van der Waals surface area contributed by atoms with Gasteiger partial charge in [-0.2, -0.15) is 0 Å². The molecule has 0 spiro atoms. The van der Waals surface area contributed by atoms with Gasteiger partial charge in [0, 0.05) is 63.3 Å². The molecule has 3 fully saturated rings. The van der Waals surface area contributed by atoms with Gasteiger partial charge in [-0.05, 0) is 88.4 Å². The molecule has 27 nitrogen and oxygen atoms in total. The number of nitrogens with two attached hydrogens (primary N) is 1. The van der Waals surface area contributed by atoms with Gasteiger partial charge < -0.3 is 97.4 Å². The first kappa shape index (κ1) is 68.6. The van der Waals surface area contributed by atoms with Crippen molar-refractivity contribution in [3.8, 4) is 33.8 Å². The van der Waals surface area contributed by atoms with Crippen LogP contribution < -0.4 is 42.4 Å². The molecule has 27 heteroatoms. The molecule has 3 heterocycles. The van der Waals surface area contributed by atoms with Crippen LogP contribution in [0, 0.1) is 5.92 Å². The summed E-state index contributed by atoms with van der Waals surface area (Å²) in [5.74, 6) is -8.41. The molecule has 0 radical (unpaired) electrons. The van der Waals surface area contributed by atoms with Gasteiger partial charge in [0.2, 0.25) is 35.4 Å². The van der Waals surface area contributed by atoms with Crippen LogP contribution in [0.3, 0.4) is 0 Å². The predicted molar refractivity (Wildman–Crippen MR) is 341 cm³/mol. The highest BCUT2D eigenvalue weighted by molar-refractivity contribution is 5.98. The molecule has 506 valence electrons. The minimum Gasteiger partial charge on any atom is -0.504 e.